The van der Waals surface area contributed by atoms with E-state index in [9.17, 15) is 94.8 Å². The molecule has 0 aromatic carbocycles. The van der Waals surface area contributed by atoms with Crippen molar-refractivity contribution in [3.8, 4) is 0 Å². The Morgan fingerprint density at radius 3 is 1.88 bits per heavy atom. The molecule has 2 heterocycles. The number of amides is 3. The molecule has 3 amide bonds. The van der Waals surface area contributed by atoms with Crippen molar-refractivity contribution in [2.45, 2.75) is 286 Å². The summed E-state index contributed by atoms with van der Waals surface area (Å²) in [6.07, 6.45) is 6.62. The Balaban J connectivity index is 2.49. The number of methoxy groups -OCH3 is 1. The third kappa shape index (κ3) is 29.2. The topological polar surface area (TPSA) is 426 Å². The first kappa shape index (κ1) is 94.0. The Labute approximate surface area is 616 Å². The van der Waals surface area contributed by atoms with Crippen molar-refractivity contribution in [1.82, 2.24) is 16.0 Å². The number of aliphatic hydroxyl groups is 11. The smallest absolute Gasteiger partial charge is 0.335 e. The molecule has 0 spiro atoms. The molecule has 2 aliphatic rings. The normalized spacial score (nSPS) is 30.9. The number of nitrogens with one attached hydrogen (secondary N) is 3. The first-order chi connectivity index (χ1) is 48.2. The maximum Gasteiger partial charge on any atom is 0.335 e. The highest BCUT2D eigenvalue weighted by molar-refractivity contribution is 5.95. The van der Waals surface area contributed by atoms with Gasteiger partial charge in [0.05, 0.1) is 104 Å². The maximum absolute atomic E-state index is 14.3. The number of allylic oxidation sites excluding steroid dienone is 7. The largest absolute Gasteiger partial charge is 0.479 e. The Bertz CT molecular complexity index is 3000. The van der Waals surface area contributed by atoms with Crippen LogP contribution >= 0.6 is 0 Å². The van der Waals surface area contributed by atoms with Crippen LogP contribution in [0, 0.1) is 64.1 Å². The predicted molar refractivity (Wildman–Crippen MR) is 395 cm³/mol. The Morgan fingerprint density at radius 1 is 0.721 bits per heavy atom. The molecule has 25 nitrogen and oxygen atoms in total. The molecule has 1 saturated heterocycles. The van der Waals surface area contributed by atoms with E-state index in [1.807, 2.05) is 24.3 Å². The number of aliphatic hydroxyl groups excluding tert-OH is 11. The minimum absolute atomic E-state index is 0.0512. The van der Waals surface area contributed by atoms with Crippen LogP contribution in [-0.2, 0) is 47.8 Å². The summed E-state index contributed by atoms with van der Waals surface area (Å²) in [7, 11) is 1.17. The van der Waals surface area contributed by atoms with Gasteiger partial charge in [0, 0.05) is 41.1 Å². The van der Waals surface area contributed by atoms with E-state index in [0.29, 0.717) is 48.3 Å². The van der Waals surface area contributed by atoms with Crippen molar-refractivity contribution in [3.63, 3.8) is 0 Å². The van der Waals surface area contributed by atoms with Crippen LogP contribution in [0.1, 0.15) is 182 Å². The number of Topliss-reactive ketones (excluding diaryl/α,β-unsaturated/α-hetero) is 1. The van der Waals surface area contributed by atoms with Crippen molar-refractivity contribution in [2.75, 3.05) is 7.11 Å². The number of aliphatic carboxylic acids is 1. The van der Waals surface area contributed by atoms with Gasteiger partial charge in [-0.15, -0.1) is 0 Å². The quantitative estimate of drug-likeness (QED) is 0.0288. The molecular weight excluding hydrogens is 1340 g/mol. The Hall–Kier alpha value is -6.07. The second-order valence-corrected chi connectivity index (χ2v) is 31.0. The summed E-state index contributed by atoms with van der Waals surface area (Å²) in [5.74, 6) is -13.6. The van der Waals surface area contributed by atoms with Crippen LogP contribution < -0.4 is 16.0 Å². The van der Waals surface area contributed by atoms with Gasteiger partial charge in [-0.2, -0.15) is 0 Å². The predicted octanol–water partition coefficient (Wildman–Crippen LogP) is 5.88. The van der Waals surface area contributed by atoms with Crippen molar-refractivity contribution in [3.05, 3.63) is 95.7 Å². The maximum atomic E-state index is 14.3. The second kappa shape index (κ2) is 44.3. The van der Waals surface area contributed by atoms with E-state index in [2.05, 4.69) is 22.9 Å². The third-order valence-corrected chi connectivity index (χ3v) is 20.8. The molecule has 2 bridgehead atoms. The fourth-order valence-corrected chi connectivity index (χ4v) is 13.3. The molecule has 25 atom stereocenters. The van der Waals surface area contributed by atoms with Crippen molar-refractivity contribution in [1.29, 1.82) is 0 Å². The van der Waals surface area contributed by atoms with Crippen LogP contribution in [0.5, 0.6) is 0 Å². The molecule has 0 radical (unpaired) electrons. The molecule has 2 aliphatic heterocycles. The minimum atomic E-state index is -2.59. The fourth-order valence-electron chi connectivity index (χ4n) is 13.3. The number of fused-ring (bicyclic) bond motifs is 2. The number of hydrogen-bond acceptors (Lipinski definition) is 21. The van der Waals surface area contributed by atoms with Gasteiger partial charge < -0.3 is 91.4 Å². The molecular formula is C79H129N3O22. The molecule has 15 N–H and O–H groups in total. The first-order valence-electron chi connectivity index (χ1n) is 36.7. The lowest BCUT2D eigenvalue weighted by Crippen LogP contribution is -2.59. The lowest BCUT2D eigenvalue weighted by molar-refractivity contribution is -0.170. The molecule has 25 heteroatoms. The number of carboxylic acid groups (broad SMARTS) is 1. The van der Waals surface area contributed by atoms with Crippen molar-refractivity contribution < 1.29 is 109 Å². The molecule has 0 aromatic rings. The lowest BCUT2D eigenvalue weighted by Gasteiger charge is -2.37. The van der Waals surface area contributed by atoms with Crippen LogP contribution in [0.25, 0.3) is 0 Å². The molecule has 104 heavy (non-hydrogen) atoms. The number of ketones is 1. The second-order valence-electron chi connectivity index (χ2n) is 31.0. The summed E-state index contributed by atoms with van der Waals surface area (Å²) in [4.78, 5) is 93.7. The zero-order valence-corrected chi connectivity index (χ0v) is 64.8. The van der Waals surface area contributed by atoms with Gasteiger partial charge in [0.2, 0.25) is 17.7 Å². The standard InChI is InChI=1S/C79H129N3O22/c1-42(2)65(89)63(80-61(88)35-36-78(15,16)72(95)53(13)73(96)79(17,18)77(101)102-19)69(93)49(9)40-47(7)67(91)45(5)32-34-58(85)52(12)74(97)82-62(54(14)83)71-51(11)57(84)33-31-44(4)66(90)46(6)39-48(8)68(92)50(10)59(86)41-56-38-43(3)37-55(103-56)29-27-25-23-21-20-22-24-26-28-30-60(87)81-64(76(100)104-71)70(94)75(98)99/h21,23-28,30-31,35-36,39-40,42-43,45-46,49-59,62-71,73,83-86,89-94,96H,20,22,29,32-34,37-38,41H2,1-19H3,(H,80,88)(H,81,87)(H,82,97)(H,98,99)/b23-21+,26-24+,27-25+,30-28+,36-35+,44-31+,47-40+,48-39+/t43-,45?,46?,49?,50?,51?,52?,53?,54?,55-,56+,57?,58?,59?,62?,63?,64?,65?,66?,67?,68?,69?,70?,71?,73?/m1/s1. The number of carbonyl (C=O) groups excluding carboxylic acids is 6. The van der Waals surface area contributed by atoms with Crippen LogP contribution in [-0.4, -0.2) is 213 Å². The number of carboxylic acids is 1. The van der Waals surface area contributed by atoms with Crippen molar-refractivity contribution >= 4 is 41.4 Å². The fraction of sp³-hybridized carbons (Fsp3) is 0.709. The SMILES string of the molecule is COC(=O)C(C)(C)C(O)C(C)C(=O)C(C)(C)/C=C/C(=O)NC(C(O)C(C)C)C(O)C(C)/C=C(\C)C(O)C(C)CCC(O)C(C)C(=O)NC(C(C)O)C1OC(=O)C(C(O)C(=O)O)NC(=O)/C=C/C=C/CC/C=C/C=C/C[C@@H]2C[C@@H](C)C[C@@H](CC(O)C(C)C(O)/C(C)=C/C(C)C(O)/C(C)=C/CC(O)C1C)O2. The first-order valence-corrected chi connectivity index (χ1v) is 36.7. The van der Waals surface area contributed by atoms with Gasteiger partial charge in [-0.1, -0.05) is 136 Å². The Kier molecular flexibility index (Phi) is 40.0. The molecule has 2 rings (SSSR count). The highest BCUT2D eigenvalue weighted by atomic mass is 16.6. The highest BCUT2D eigenvalue weighted by Crippen LogP contribution is 2.35. The minimum Gasteiger partial charge on any atom is -0.479 e. The molecule has 0 aliphatic carbocycles. The zero-order valence-electron chi connectivity index (χ0n) is 64.8. The van der Waals surface area contributed by atoms with Gasteiger partial charge in [-0.3, -0.25) is 24.0 Å². The highest BCUT2D eigenvalue weighted by Gasteiger charge is 2.46. The van der Waals surface area contributed by atoms with E-state index >= 15 is 0 Å². The third-order valence-electron chi connectivity index (χ3n) is 20.8. The molecule has 0 aromatic heterocycles. The van der Waals surface area contributed by atoms with E-state index < -0.39 is 191 Å². The summed E-state index contributed by atoms with van der Waals surface area (Å²) < 4.78 is 17.1. The van der Waals surface area contributed by atoms with E-state index in [1.165, 1.54) is 80.7 Å². The summed E-state index contributed by atoms with van der Waals surface area (Å²) in [6.45, 7) is 28.7. The zero-order chi connectivity index (χ0) is 79.6. The van der Waals surface area contributed by atoms with Crippen LogP contribution in [0.4, 0.5) is 0 Å². The average Bonchev–Trinajstić information content (AvgIpc) is 0.809. The number of rotatable bonds is 25. The van der Waals surface area contributed by atoms with Gasteiger partial charge in [-0.25, -0.2) is 9.59 Å². The van der Waals surface area contributed by atoms with E-state index in [0.717, 1.165) is 25.0 Å². The van der Waals surface area contributed by atoms with Gasteiger partial charge in [0.1, 0.15) is 11.9 Å². The van der Waals surface area contributed by atoms with Gasteiger partial charge in [-0.05, 0) is 154 Å². The number of ether oxygens (including phenoxy) is 3. The Morgan fingerprint density at radius 2 is 1.31 bits per heavy atom. The number of hydrogen-bond donors (Lipinski definition) is 15. The van der Waals surface area contributed by atoms with Gasteiger partial charge in [0.15, 0.2) is 12.1 Å². The molecule has 22 unspecified atom stereocenters. The van der Waals surface area contributed by atoms with Crippen molar-refractivity contribution in [2.24, 2.45) is 64.1 Å². The molecule has 592 valence electrons. The number of carbonyl (C=O) groups is 7. The summed E-state index contributed by atoms with van der Waals surface area (Å²) in [5, 5.41) is 143. The average molecular weight is 1470 g/mol. The summed E-state index contributed by atoms with van der Waals surface area (Å²) in [5.41, 5.74) is -1.49. The molecule has 0 saturated carbocycles. The van der Waals surface area contributed by atoms with E-state index in [-0.39, 0.29) is 31.5 Å². The van der Waals surface area contributed by atoms with E-state index in [1.54, 1.807) is 86.6 Å². The van der Waals surface area contributed by atoms with Gasteiger partial charge >= 0.3 is 17.9 Å². The van der Waals surface area contributed by atoms with E-state index in [4.69, 9.17) is 14.2 Å². The molecule has 1 fully saturated rings. The van der Waals surface area contributed by atoms with Crippen LogP contribution in [0.3, 0.4) is 0 Å². The van der Waals surface area contributed by atoms with Gasteiger partial charge in [0.25, 0.3) is 0 Å². The number of cyclic esters (lactones) is 1. The number of esters is 2. The van der Waals surface area contributed by atoms with Crippen LogP contribution in [0.2, 0.25) is 0 Å². The lowest BCUT2D eigenvalue weighted by atomic mass is 9.72. The van der Waals surface area contributed by atoms with Crippen LogP contribution in [0.15, 0.2) is 95.7 Å². The summed E-state index contributed by atoms with van der Waals surface area (Å²) >= 11 is 0. The summed E-state index contributed by atoms with van der Waals surface area (Å²) in [6, 6.07) is -5.18. The monoisotopic (exact) mass is 1470 g/mol.